The van der Waals surface area contributed by atoms with Gasteiger partial charge in [-0.2, -0.15) is 0 Å². The Labute approximate surface area is 127 Å². The first kappa shape index (κ1) is 14.6. The minimum absolute atomic E-state index is 0. The van der Waals surface area contributed by atoms with E-state index in [-0.39, 0.29) is 18.5 Å². The van der Waals surface area contributed by atoms with Crippen molar-refractivity contribution in [2.75, 3.05) is 6.61 Å². The highest BCUT2D eigenvalue weighted by molar-refractivity contribution is 9.11. The van der Waals surface area contributed by atoms with Gasteiger partial charge in [-0.15, -0.1) is 12.4 Å². The topological polar surface area (TPSA) is 27.1 Å². The van der Waals surface area contributed by atoms with Gasteiger partial charge in [0.15, 0.2) is 0 Å². The largest absolute Gasteiger partial charge is 0.370 e. The molecule has 2 heterocycles. The fraction of sp³-hybridized carbons (Fsp3) is 0.357. The van der Waals surface area contributed by atoms with Crippen LogP contribution in [0.1, 0.15) is 24.8 Å². The molecule has 2 aromatic rings. The highest BCUT2D eigenvalue weighted by Gasteiger charge is 2.24. The molecule has 19 heavy (non-hydrogen) atoms. The minimum Gasteiger partial charge on any atom is -0.370 e. The number of fused-ring (bicyclic) bond motifs is 1. The molecule has 0 amide bonds. The van der Waals surface area contributed by atoms with Gasteiger partial charge in [0, 0.05) is 11.1 Å². The number of aromatic nitrogens is 2. The summed E-state index contributed by atoms with van der Waals surface area (Å²) in [5, 5.41) is 0. The molecular formula is C14H16BrClN2O. The molecule has 1 saturated heterocycles. The number of imidazole rings is 1. The standard InChI is InChI=1S/C14H15BrN2O.ClH/c1-10(15)9-17-12-6-3-2-5-11(12)16-14(17)13-7-4-8-18-13;/h2-3,5-6,13H,1,4,7-9H2;1H. The van der Waals surface area contributed by atoms with E-state index in [0.29, 0.717) is 0 Å². The van der Waals surface area contributed by atoms with Crippen LogP contribution in [0.5, 0.6) is 0 Å². The molecule has 3 rings (SSSR count). The lowest BCUT2D eigenvalue weighted by Gasteiger charge is -2.12. The summed E-state index contributed by atoms with van der Waals surface area (Å²) in [6.45, 7) is 5.50. The third-order valence-electron chi connectivity index (χ3n) is 3.23. The summed E-state index contributed by atoms with van der Waals surface area (Å²) >= 11 is 3.44. The van der Waals surface area contributed by atoms with E-state index in [9.17, 15) is 0 Å². The van der Waals surface area contributed by atoms with Crippen molar-refractivity contribution in [1.82, 2.24) is 9.55 Å². The Balaban J connectivity index is 0.00000133. The molecule has 0 N–H and O–H groups in total. The van der Waals surface area contributed by atoms with Gasteiger partial charge >= 0.3 is 0 Å². The van der Waals surface area contributed by atoms with Gasteiger partial charge < -0.3 is 9.30 Å². The third kappa shape index (κ3) is 2.86. The second-order valence-corrected chi connectivity index (χ2v) is 5.69. The first-order chi connectivity index (χ1) is 8.75. The van der Waals surface area contributed by atoms with Gasteiger partial charge in [0.1, 0.15) is 11.9 Å². The summed E-state index contributed by atoms with van der Waals surface area (Å²) in [5.74, 6) is 1.02. The number of hydrogen-bond acceptors (Lipinski definition) is 2. The van der Waals surface area contributed by atoms with Gasteiger partial charge in [-0.3, -0.25) is 0 Å². The fourth-order valence-electron chi connectivity index (χ4n) is 2.46. The molecule has 1 aliphatic rings. The molecule has 1 aliphatic heterocycles. The Bertz CT molecular complexity index is 590. The highest BCUT2D eigenvalue weighted by Crippen LogP contribution is 2.31. The molecule has 102 valence electrons. The molecule has 0 saturated carbocycles. The van der Waals surface area contributed by atoms with Crippen molar-refractivity contribution >= 4 is 39.4 Å². The minimum atomic E-state index is 0. The molecule has 1 unspecified atom stereocenters. The summed E-state index contributed by atoms with van der Waals surface area (Å²) in [7, 11) is 0. The maximum absolute atomic E-state index is 5.76. The Morgan fingerprint density at radius 3 is 2.95 bits per heavy atom. The van der Waals surface area contributed by atoms with Gasteiger partial charge in [-0.1, -0.05) is 34.6 Å². The number of nitrogens with zero attached hydrogens (tertiary/aromatic N) is 2. The van der Waals surface area contributed by atoms with Crippen LogP contribution in [0.15, 0.2) is 35.3 Å². The van der Waals surface area contributed by atoms with Crippen molar-refractivity contribution in [1.29, 1.82) is 0 Å². The molecule has 5 heteroatoms. The lowest BCUT2D eigenvalue weighted by atomic mass is 10.2. The summed E-state index contributed by atoms with van der Waals surface area (Å²) in [6, 6.07) is 8.19. The number of hydrogen-bond donors (Lipinski definition) is 0. The Hall–Kier alpha value is -0.840. The quantitative estimate of drug-likeness (QED) is 0.834. The number of benzene rings is 1. The second kappa shape index (κ2) is 6.07. The van der Waals surface area contributed by atoms with Crippen LogP contribution < -0.4 is 0 Å². The zero-order valence-electron chi connectivity index (χ0n) is 10.5. The Kier molecular flexibility index (Phi) is 4.66. The Morgan fingerprint density at radius 2 is 2.26 bits per heavy atom. The molecule has 0 spiro atoms. The van der Waals surface area contributed by atoms with Crippen LogP contribution in [0, 0.1) is 0 Å². The molecule has 1 aromatic heterocycles. The van der Waals surface area contributed by atoms with E-state index >= 15 is 0 Å². The van der Waals surface area contributed by atoms with Crippen LogP contribution in [0.2, 0.25) is 0 Å². The maximum atomic E-state index is 5.76. The Morgan fingerprint density at radius 1 is 1.47 bits per heavy atom. The summed E-state index contributed by atoms with van der Waals surface area (Å²) in [5.41, 5.74) is 2.17. The van der Waals surface area contributed by atoms with Crippen molar-refractivity contribution < 1.29 is 4.74 Å². The molecule has 3 nitrogen and oxygen atoms in total. The van der Waals surface area contributed by atoms with Gasteiger partial charge in [-0.25, -0.2) is 4.98 Å². The number of allylic oxidation sites excluding steroid dienone is 1. The first-order valence-electron chi connectivity index (χ1n) is 6.16. The van der Waals surface area contributed by atoms with Crippen LogP contribution >= 0.6 is 28.3 Å². The lowest BCUT2D eigenvalue weighted by Crippen LogP contribution is -2.08. The molecule has 1 atom stereocenters. The summed E-state index contributed by atoms with van der Waals surface area (Å²) < 4.78 is 8.91. The van der Waals surface area contributed by atoms with Gasteiger partial charge in [0.05, 0.1) is 17.6 Å². The van der Waals surface area contributed by atoms with Crippen LogP contribution in [-0.4, -0.2) is 16.2 Å². The molecule has 1 fully saturated rings. The highest BCUT2D eigenvalue weighted by atomic mass is 79.9. The van der Waals surface area contributed by atoms with Gasteiger partial charge in [0.25, 0.3) is 0 Å². The van der Waals surface area contributed by atoms with Crippen molar-refractivity contribution in [3.63, 3.8) is 0 Å². The second-order valence-electron chi connectivity index (χ2n) is 4.56. The third-order valence-corrected chi connectivity index (χ3v) is 3.48. The average Bonchev–Trinajstić information content (AvgIpc) is 2.96. The average molecular weight is 344 g/mol. The predicted octanol–water partition coefficient (Wildman–Crippen LogP) is 4.22. The van der Waals surface area contributed by atoms with E-state index in [1.165, 1.54) is 0 Å². The smallest absolute Gasteiger partial charge is 0.139 e. The zero-order chi connectivity index (χ0) is 12.5. The van der Waals surface area contributed by atoms with Crippen LogP contribution in [0.25, 0.3) is 11.0 Å². The van der Waals surface area contributed by atoms with E-state index in [2.05, 4.69) is 33.1 Å². The molecule has 0 radical (unpaired) electrons. The zero-order valence-corrected chi connectivity index (χ0v) is 12.9. The number of ether oxygens (including phenoxy) is 1. The monoisotopic (exact) mass is 342 g/mol. The first-order valence-corrected chi connectivity index (χ1v) is 6.95. The van der Waals surface area contributed by atoms with Gasteiger partial charge in [-0.05, 0) is 25.0 Å². The summed E-state index contributed by atoms with van der Waals surface area (Å²) in [6.07, 6.45) is 2.30. The predicted molar refractivity (Wildman–Crippen MR) is 83.0 cm³/mol. The number of rotatable bonds is 3. The fourth-order valence-corrected chi connectivity index (χ4v) is 2.71. The molecular weight excluding hydrogens is 328 g/mol. The van der Waals surface area contributed by atoms with E-state index < -0.39 is 0 Å². The normalized spacial score (nSPS) is 18.5. The van der Waals surface area contributed by atoms with Crippen molar-refractivity contribution in [2.24, 2.45) is 0 Å². The molecule has 1 aromatic carbocycles. The number of para-hydroxylation sites is 2. The van der Waals surface area contributed by atoms with Crippen molar-refractivity contribution in [2.45, 2.75) is 25.5 Å². The van der Waals surface area contributed by atoms with Crippen LogP contribution in [0.4, 0.5) is 0 Å². The van der Waals surface area contributed by atoms with E-state index in [0.717, 1.165) is 47.3 Å². The summed E-state index contributed by atoms with van der Waals surface area (Å²) in [4.78, 5) is 4.72. The van der Waals surface area contributed by atoms with E-state index in [4.69, 9.17) is 9.72 Å². The molecule has 0 aliphatic carbocycles. The number of halogens is 2. The van der Waals surface area contributed by atoms with E-state index in [1.54, 1.807) is 0 Å². The van der Waals surface area contributed by atoms with Crippen LogP contribution in [-0.2, 0) is 11.3 Å². The van der Waals surface area contributed by atoms with Crippen molar-refractivity contribution in [3.05, 3.63) is 41.2 Å². The van der Waals surface area contributed by atoms with Gasteiger partial charge in [0.2, 0.25) is 0 Å². The van der Waals surface area contributed by atoms with Crippen molar-refractivity contribution in [3.8, 4) is 0 Å². The lowest BCUT2D eigenvalue weighted by molar-refractivity contribution is 0.103. The van der Waals surface area contributed by atoms with E-state index in [1.807, 2.05) is 18.2 Å². The van der Waals surface area contributed by atoms with Crippen LogP contribution in [0.3, 0.4) is 0 Å². The maximum Gasteiger partial charge on any atom is 0.139 e. The molecule has 0 bridgehead atoms. The SMILES string of the molecule is C=C(Br)Cn1c(C2CCCO2)nc2ccccc21.Cl.